The van der Waals surface area contributed by atoms with Gasteiger partial charge in [-0.3, -0.25) is 0 Å². The molecule has 0 aromatic heterocycles. The second-order valence-corrected chi connectivity index (χ2v) is 8.31. The smallest absolute Gasteiger partial charge is 0.174 e. The summed E-state index contributed by atoms with van der Waals surface area (Å²) in [5.74, 6) is 1.64. The summed E-state index contributed by atoms with van der Waals surface area (Å²) in [6, 6.07) is 24.5. The molecule has 0 saturated heterocycles. The monoisotopic (exact) mass is 416 g/mol. The van der Waals surface area contributed by atoms with Crippen LogP contribution in [0.2, 0.25) is 0 Å². The first-order valence-corrected chi connectivity index (χ1v) is 10.7. The molecule has 0 spiro atoms. The minimum atomic E-state index is -0.0723. The van der Waals surface area contributed by atoms with Crippen molar-refractivity contribution in [1.29, 1.82) is 0 Å². The molecular formula is C27H28O4. The van der Waals surface area contributed by atoms with Gasteiger partial charge in [-0.15, -0.1) is 0 Å². The van der Waals surface area contributed by atoms with E-state index in [1.807, 2.05) is 62.4 Å². The predicted octanol–water partition coefficient (Wildman–Crippen LogP) is 7.35. The number of rotatable bonds is 8. The first-order valence-electron chi connectivity index (χ1n) is 10.7. The number of fused-ring (bicyclic) bond motifs is 2. The van der Waals surface area contributed by atoms with Gasteiger partial charge in [0, 0.05) is 11.1 Å². The van der Waals surface area contributed by atoms with Gasteiger partial charge in [-0.05, 0) is 53.4 Å². The zero-order chi connectivity index (χ0) is 21.8. The van der Waals surface area contributed by atoms with Crippen molar-refractivity contribution in [2.45, 2.75) is 33.8 Å². The highest BCUT2D eigenvalue weighted by Crippen LogP contribution is 2.45. The molecule has 4 rings (SSSR count). The third-order valence-corrected chi connectivity index (χ3v) is 4.91. The Bertz CT molecular complexity index is 1180. The van der Waals surface area contributed by atoms with E-state index >= 15 is 0 Å². The van der Waals surface area contributed by atoms with Crippen LogP contribution in [-0.4, -0.2) is 12.7 Å². The SMILES string of the molecule is CC(C)COOc1ccc2ccccc2c1-c1c(OOC(C)C)ccc2ccccc12. The lowest BCUT2D eigenvalue weighted by atomic mass is 9.92. The summed E-state index contributed by atoms with van der Waals surface area (Å²) in [5, 5.41) is 4.32. The van der Waals surface area contributed by atoms with Crippen molar-refractivity contribution in [1.82, 2.24) is 0 Å². The topological polar surface area (TPSA) is 36.9 Å². The van der Waals surface area contributed by atoms with Crippen LogP contribution in [0.25, 0.3) is 32.7 Å². The molecule has 0 fully saturated rings. The highest BCUT2D eigenvalue weighted by atomic mass is 17.2. The van der Waals surface area contributed by atoms with Gasteiger partial charge in [-0.25, -0.2) is 0 Å². The van der Waals surface area contributed by atoms with Crippen LogP contribution in [0.5, 0.6) is 11.5 Å². The van der Waals surface area contributed by atoms with Crippen LogP contribution in [0.3, 0.4) is 0 Å². The normalized spacial score (nSPS) is 11.5. The molecule has 0 aliphatic rings. The lowest BCUT2D eigenvalue weighted by Crippen LogP contribution is -2.08. The van der Waals surface area contributed by atoms with E-state index in [4.69, 9.17) is 19.6 Å². The highest BCUT2D eigenvalue weighted by Gasteiger charge is 2.20. The van der Waals surface area contributed by atoms with Crippen molar-refractivity contribution in [2.24, 2.45) is 5.92 Å². The van der Waals surface area contributed by atoms with E-state index < -0.39 is 0 Å². The van der Waals surface area contributed by atoms with Crippen LogP contribution in [0, 0.1) is 5.92 Å². The van der Waals surface area contributed by atoms with Crippen molar-refractivity contribution >= 4 is 21.5 Å². The predicted molar refractivity (Wildman–Crippen MR) is 125 cm³/mol. The van der Waals surface area contributed by atoms with Gasteiger partial charge in [0.15, 0.2) is 11.5 Å². The Morgan fingerprint density at radius 3 is 1.65 bits per heavy atom. The van der Waals surface area contributed by atoms with E-state index in [0.717, 1.165) is 32.7 Å². The summed E-state index contributed by atoms with van der Waals surface area (Å²) >= 11 is 0. The molecule has 0 aliphatic carbocycles. The van der Waals surface area contributed by atoms with E-state index in [0.29, 0.717) is 24.0 Å². The Balaban J connectivity index is 1.97. The molecule has 4 nitrogen and oxygen atoms in total. The van der Waals surface area contributed by atoms with Crippen molar-refractivity contribution in [3.8, 4) is 22.6 Å². The Labute approximate surface area is 183 Å². The second kappa shape index (κ2) is 9.38. The molecule has 0 N–H and O–H groups in total. The molecule has 0 radical (unpaired) electrons. The van der Waals surface area contributed by atoms with Crippen LogP contribution in [-0.2, 0) is 9.78 Å². The van der Waals surface area contributed by atoms with Crippen molar-refractivity contribution in [3.05, 3.63) is 72.8 Å². The molecule has 0 atom stereocenters. The van der Waals surface area contributed by atoms with Crippen LogP contribution >= 0.6 is 0 Å². The molecular weight excluding hydrogens is 388 g/mol. The maximum absolute atomic E-state index is 5.84. The summed E-state index contributed by atoms with van der Waals surface area (Å²) in [7, 11) is 0. The van der Waals surface area contributed by atoms with Crippen molar-refractivity contribution in [3.63, 3.8) is 0 Å². The summed E-state index contributed by atoms with van der Waals surface area (Å²) in [6.07, 6.45) is -0.0723. The van der Waals surface area contributed by atoms with E-state index in [1.54, 1.807) is 0 Å². The van der Waals surface area contributed by atoms with Crippen molar-refractivity contribution in [2.75, 3.05) is 6.61 Å². The molecule has 160 valence electrons. The maximum atomic E-state index is 5.84. The zero-order valence-electron chi connectivity index (χ0n) is 18.4. The van der Waals surface area contributed by atoms with Gasteiger partial charge in [0.25, 0.3) is 0 Å². The van der Waals surface area contributed by atoms with E-state index in [-0.39, 0.29) is 6.10 Å². The minimum Gasteiger partial charge on any atom is -0.337 e. The summed E-state index contributed by atoms with van der Waals surface area (Å²) in [5.41, 5.74) is 1.83. The fourth-order valence-corrected chi connectivity index (χ4v) is 3.54. The molecule has 0 aliphatic heterocycles. The third-order valence-electron chi connectivity index (χ3n) is 4.91. The standard InChI is InChI=1S/C27H28O4/c1-18(2)17-28-30-24-15-13-20-9-5-7-11-22(20)26(24)27-23-12-8-6-10-21(23)14-16-25(27)31-29-19(3)4/h5-16,18-19H,17H2,1-4H3. The molecule has 0 heterocycles. The van der Waals surface area contributed by atoms with Crippen molar-refractivity contribution < 1.29 is 19.6 Å². The first kappa shape index (κ1) is 21.2. The fourth-order valence-electron chi connectivity index (χ4n) is 3.54. The number of hydrogen-bond acceptors (Lipinski definition) is 4. The van der Waals surface area contributed by atoms with Gasteiger partial charge in [0.2, 0.25) is 0 Å². The molecule has 4 aromatic carbocycles. The van der Waals surface area contributed by atoms with Gasteiger partial charge in [-0.1, -0.05) is 74.5 Å². The Hall–Kier alpha value is -3.08. The van der Waals surface area contributed by atoms with Gasteiger partial charge in [-0.2, -0.15) is 9.78 Å². The molecule has 0 unspecified atom stereocenters. The molecule has 31 heavy (non-hydrogen) atoms. The first-order chi connectivity index (χ1) is 15.0. The average molecular weight is 417 g/mol. The summed E-state index contributed by atoms with van der Waals surface area (Å²) < 4.78 is 0. The quantitative estimate of drug-likeness (QED) is 0.222. The van der Waals surface area contributed by atoms with E-state index in [1.165, 1.54) is 0 Å². The Kier molecular flexibility index (Phi) is 6.40. The van der Waals surface area contributed by atoms with Crippen LogP contribution < -0.4 is 9.78 Å². The fraction of sp³-hybridized carbons (Fsp3) is 0.259. The van der Waals surface area contributed by atoms with Gasteiger partial charge >= 0.3 is 0 Å². The summed E-state index contributed by atoms with van der Waals surface area (Å²) in [4.78, 5) is 22.8. The minimum absolute atomic E-state index is 0.0723. The largest absolute Gasteiger partial charge is 0.337 e. The molecule has 0 amide bonds. The van der Waals surface area contributed by atoms with Crippen LogP contribution in [0.4, 0.5) is 0 Å². The summed E-state index contributed by atoms with van der Waals surface area (Å²) in [6.45, 7) is 8.55. The van der Waals surface area contributed by atoms with Crippen LogP contribution in [0.1, 0.15) is 27.7 Å². The number of hydrogen-bond donors (Lipinski definition) is 0. The van der Waals surface area contributed by atoms with E-state index in [2.05, 4.69) is 38.1 Å². The molecule has 4 aromatic rings. The second-order valence-electron chi connectivity index (χ2n) is 8.31. The zero-order valence-corrected chi connectivity index (χ0v) is 18.4. The molecule has 4 heteroatoms. The molecule has 0 bridgehead atoms. The Morgan fingerprint density at radius 1 is 0.613 bits per heavy atom. The Morgan fingerprint density at radius 2 is 1.13 bits per heavy atom. The molecule has 0 saturated carbocycles. The third kappa shape index (κ3) is 4.66. The highest BCUT2D eigenvalue weighted by molar-refractivity contribution is 6.09. The van der Waals surface area contributed by atoms with Gasteiger partial charge < -0.3 is 9.78 Å². The number of benzene rings is 4. The van der Waals surface area contributed by atoms with Gasteiger partial charge in [0.1, 0.15) is 0 Å². The average Bonchev–Trinajstić information content (AvgIpc) is 2.77. The van der Waals surface area contributed by atoms with Crippen LogP contribution in [0.15, 0.2) is 72.8 Å². The van der Waals surface area contributed by atoms with Gasteiger partial charge in [0.05, 0.1) is 12.7 Å². The lowest BCUT2D eigenvalue weighted by molar-refractivity contribution is -0.234. The maximum Gasteiger partial charge on any atom is 0.174 e. The lowest BCUT2D eigenvalue weighted by Gasteiger charge is -2.19. The van der Waals surface area contributed by atoms with E-state index in [9.17, 15) is 0 Å².